The Balaban J connectivity index is 1.71. The van der Waals surface area contributed by atoms with Gasteiger partial charge < -0.3 is 10.1 Å². The standard InChI is InChI=1S/C18H19N3O2S2/c1-3-14(24-16-7-5-6-10-19-16)17(22)21-18-20-13-9-8-12(23-4-2)11-15(13)25-18/h5-11,14H,3-4H2,1-2H3,(H,20,21,22)/t14-/m0/s1. The molecule has 3 aromatic rings. The summed E-state index contributed by atoms with van der Waals surface area (Å²) in [5, 5.41) is 4.17. The van der Waals surface area contributed by atoms with Crippen molar-refractivity contribution < 1.29 is 9.53 Å². The number of thiazole rings is 1. The summed E-state index contributed by atoms with van der Waals surface area (Å²) in [7, 11) is 0. The maximum absolute atomic E-state index is 12.6. The topological polar surface area (TPSA) is 64.1 Å². The van der Waals surface area contributed by atoms with Gasteiger partial charge in [-0.1, -0.05) is 36.1 Å². The van der Waals surface area contributed by atoms with E-state index >= 15 is 0 Å². The van der Waals surface area contributed by atoms with Crippen LogP contribution in [0.3, 0.4) is 0 Å². The van der Waals surface area contributed by atoms with Gasteiger partial charge in [0.25, 0.3) is 0 Å². The molecule has 1 aromatic carbocycles. The molecular weight excluding hydrogens is 354 g/mol. The van der Waals surface area contributed by atoms with E-state index in [0.29, 0.717) is 18.2 Å². The molecule has 0 saturated carbocycles. The van der Waals surface area contributed by atoms with E-state index in [-0.39, 0.29) is 11.2 Å². The van der Waals surface area contributed by atoms with Crippen LogP contribution in [0.2, 0.25) is 0 Å². The van der Waals surface area contributed by atoms with Crippen LogP contribution in [0.5, 0.6) is 5.75 Å². The normalized spacial score (nSPS) is 12.1. The van der Waals surface area contributed by atoms with Crippen LogP contribution in [0.15, 0.2) is 47.6 Å². The highest BCUT2D eigenvalue weighted by Crippen LogP contribution is 2.30. The first-order valence-electron chi connectivity index (χ1n) is 8.11. The number of hydrogen-bond acceptors (Lipinski definition) is 6. The number of nitrogens with zero attached hydrogens (tertiary/aromatic N) is 2. The van der Waals surface area contributed by atoms with Crippen molar-refractivity contribution in [2.45, 2.75) is 30.5 Å². The first kappa shape index (κ1) is 17.7. The summed E-state index contributed by atoms with van der Waals surface area (Å²) in [6.45, 7) is 4.57. The van der Waals surface area contributed by atoms with E-state index in [1.807, 2.05) is 50.2 Å². The number of carbonyl (C=O) groups is 1. The van der Waals surface area contributed by atoms with E-state index < -0.39 is 0 Å². The van der Waals surface area contributed by atoms with Crippen molar-refractivity contribution in [1.82, 2.24) is 9.97 Å². The maximum Gasteiger partial charge on any atom is 0.239 e. The molecule has 1 amide bonds. The Morgan fingerprint density at radius 3 is 2.92 bits per heavy atom. The summed E-state index contributed by atoms with van der Waals surface area (Å²) < 4.78 is 6.50. The summed E-state index contributed by atoms with van der Waals surface area (Å²) in [6.07, 6.45) is 2.45. The van der Waals surface area contributed by atoms with Crippen molar-refractivity contribution >= 4 is 44.4 Å². The maximum atomic E-state index is 12.6. The van der Waals surface area contributed by atoms with Crippen molar-refractivity contribution in [3.8, 4) is 5.75 Å². The van der Waals surface area contributed by atoms with Gasteiger partial charge in [-0.15, -0.1) is 0 Å². The minimum absolute atomic E-state index is 0.0535. The lowest BCUT2D eigenvalue weighted by Gasteiger charge is -2.12. The van der Waals surface area contributed by atoms with Crippen molar-refractivity contribution in [3.63, 3.8) is 0 Å². The van der Waals surface area contributed by atoms with E-state index in [0.717, 1.165) is 21.0 Å². The van der Waals surface area contributed by atoms with Crippen LogP contribution < -0.4 is 10.1 Å². The molecule has 3 rings (SSSR count). The molecular formula is C18H19N3O2S2. The largest absolute Gasteiger partial charge is 0.494 e. The zero-order chi connectivity index (χ0) is 17.6. The zero-order valence-electron chi connectivity index (χ0n) is 14.1. The molecule has 0 radical (unpaired) electrons. The minimum atomic E-state index is -0.208. The average molecular weight is 374 g/mol. The molecule has 2 heterocycles. The number of anilines is 1. The molecule has 0 bridgehead atoms. The van der Waals surface area contributed by atoms with Gasteiger partial charge in [-0.05, 0) is 43.7 Å². The lowest BCUT2D eigenvalue weighted by atomic mass is 10.3. The number of rotatable bonds is 7. The van der Waals surface area contributed by atoms with E-state index in [2.05, 4.69) is 15.3 Å². The Morgan fingerprint density at radius 2 is 2.20 bits per heavy atom. The number of carbonyl (C=O) groups excluding carboxylic acids is 1. The molecule has 5 nitrogen and oxygen atoms in total. The van der Waals surface area contributed by atoms with Crippen LogP contribution in [-0.2, 0) is 4.79 Å². The van der Waals surface area contributed by atoms with Crippen LogP contribution in [0, 0.1) is 0 Å². The molecule has 130 valence electrons. The van der Waals surface area contributed by atoms with Gasteiger partial charge in [0.15, 0.2) is 5.13 Å². The van der Waals surface area contributed by atoms with Gasteiger partial charge in [-0.3, -0.25) is 4.79 Å². The molecule has 0 saturated heterocycles. The van der Waals surface area contributed by atoms with E-state index in [9.17, 15) is 4.79 Å². The summed E-state index contributed by atoms with van der Waals surface area (Å²) in [5.41, 5.74) is 0.856. The second-order valence-electron chi connectivity index (χ2n) is 5.25. The monoisotopic (exact) mass is 373 g/mol. The van der Waals surface area contributed by atoms with Gasteiger partial charge in [0.1, 0.15) is 5.75 Å². The number of pyridine rings is 1. The Kier molecular flexibility index (Phi) is 5.88. The van der Waals surface area contributed by atoms with Crippen molar-refractivity contribution in [1.29, 1.82) is 0 Å². The summed E-state index contributed by atoms with van der Waals surface area (Å²) in [4.78, 5) is 21.3. The van der Waals surface area contributed by atoms with Crippen LogP contribution in [0.25, 0.3) is 10.2 Å². The summed E-state index contributed by atoms with van der Waals surface area (Å²) in [6, 6.07) is 11.4. The fourth-order valence-electron chi connectivity index (χ4n) is 2.29. The molecule has 2 aromatic heterocycles. The van der Waals surface area contributed by atoms with Crippen molar-refractivity contribution in [2.24, 2.45) is 0 Å². The second kappa shape index (κ2) is 8.31. The Hall–Kier alpha value is -2.12. The first-order chi connectivity index (χ1) is 12.2. The molecule has 0 spiro atoms. The highest BCUT2D eigenvalue weighted by molar-refractivity contribution is 8.00. The number of hydrogen-bond donors (Lipinski definition) is 1. The number of thioether (sulfide) groups is 1. The lowest BCUT2D eigenvalue weighted by Crippen LogP contribution is -2.24. The third-order valence-electron chi connectivity index (χ3n) is 3.47. The SMILES string of the molecule is CCOc1ccc2nc(NC(=O)[C@H](CC)Sc3ccccn3)sc2c1. The highest BCUT2D eigenvalue weighted by atomic mass is 32.2. The molecule has 0 unspecified atom stereocenters. The molecule has 0 aliphatic rings. The molecule has 0 aliphatic carbocycles. The van der Waals surface area contributed by atoms with E-state index in [4.69, 9.17) is 4.74 Å². The van der Waals surface area contributed by atoms with Gasteiger partial charge >= 0.3 is 0 Å². The van der Waals surface area contributed by atoms with Crippen molar-refractivity contribution in [3.05, 3.63) is 42.6 Å². The fourth-order valence-corrected chi connectivity index (χ4v) is 4.09. The number of fused-ring (bicyclic) bond motifs is 1. The average Bonchev–Trinajstić information content (AvgIpc) is 3.02. The number of aromatic nitrogens is 2. The summed E-state index contributed by atoms with van der Waals surface area (Å²) in [5.74, 6) is 0.760. The lowest BCUT2D eigenvalue weighted by molar-refractivity contribution is -0.115. The molecule has 0 fully saturated rings. The van der Waals surface area contributed by atoms with E-state index in [1.54, 1.807) is 6.20 Å². The predicted octanol–water partition coefficient (Wildman–Crippen LogP) is 4.60. The number of amides is 1. The first-order valence-corrected chi connectivity index (χ1v) is 9.81. The third-order valence-corrected chi connectivity index (χ3v) is 5.71. The van der Waals surface area contributed by atoms with Crippen molar-refractivity contribution in [2.75, 3.05) is 11.9 Å². The van der Waals surface area contributed by atoms with Crippen LogP contribution in [-0.4, -0.2) is 27.7 Å². The van der Waals surface area contributed by atoms with Gasteiger partial charge in [-0.25, -0.2) is 9.97 Å². The fraction of sp³-hybridized carbons (Fsp3) is 0.278. The minimum Gasteiger partial charge on any atom is -0.494 e. The molecule has 25 heavy (non-hydrogen) atoms. The van der Waals surface area contributed by atoms with Gasteiger partial charge in [0, 0.05) is 6.20 Å². The highest BCUT2D eigenvalue weighted by Gasteiger charge is 2.20. The Labute approximate surface area is 154 Å². The van der Waals surface area contributed by atoms with Crippen LogP contribution in [0.4, 0.5) is 5.13 Å². The second-order valence-corrected chi connectivity index (χ2v) is 7.51. The Bertz CT molecular complexity index is 852. The zero-order valence-corrected chi connectivity index (χ0v) is 15.7. The molecule has 7 heteroatoms. The molecule has 1 N–H and O–H groups in total. The molecule has 0 aliphatic heterocycles. The summed E-state index contributed by atoms with van der Waals surface area (Å²) >= 11 is 2.92. The quantitative estimate of drug-likeness (QED) is 0.613. The predicted molar refractivity (Wildman–Crippen MR) is 104 cm³/mol. The van der Waals surface area contributed by atoms with Gasteiger partial charge in [-0.2, -0.15) is 0 Å². The van der Waals surface area contributed by atoms with Gasteiger partial charge in [0.2, 0.25) is 5.91 Å². The van der Waals surface area contributed by atoms with Crippen LogP contribution >= 0.6 is 23.1 Å². The van der Waals surface area contributed by atoms with E-state index in [1.165, 1.54) is 23.1 Å². The third kappa shape index (κ3) is 4.49. The number of nitrogens with one attached hydrogen (secondary N) is 1. The Morgan fingerprint density at radius 1 is 1.32 bits per heavy atom. The van der Waals surface area contributed by atoms with Crippen LogP contribution in [0.1, 0.15) is 20.3 Å². The number of benzene rings is 1. The smallest absolute Gasteiger partial charge is 0.239 e. The van der Waals surface area contributed by atoms with Gasteiger partial charge in [0.05, 0.1) is 27.1 Å². The molecule has 1 atom stereocenters. The number of ether oxygens (including phenoxy) is 1.